The van der Waals surface area contributed by atoms with Crippen LogP contribution in [0.4, 0.5) is 0 Å². The molecule has 0 aliphatic heterocycles. The summed E-state index contributed by atoms with van der Waals surface area (Å²) in [5.41, 5.74) is 0. The molecule has 0 bridgehead atoms. The predicted molar refractivity (Wildman–Crippen MR) is 69.5 cm³/mol. The summed E-state index contributed by atoms with van der Waals surface area (Å²) in [4.78, 5) is 11.3. The Bertz CT molecular complexity index is 468. The van der Waals surface area contributed by atoms with E-state index in [1.54, 1.807) is 19.5 Å². The molecule has 2 N–H and O–H groups in total. The number of ether oxygens (including phenoxy) is 1. The number of nitrogens with zero attached hydrogens (tertiary/aromatic N) is 3. The molecule has 0 spiro atoms. The minimum Gasteiger partial charge on any atom is -0.383 e. The second-order valence-corrected chi connectivity index (χ2v) is 4.26. The second-order valence-electron chi connectivity index (χ2n) is 4.26. The monoisotopic (exact) mass is 265 g/mol. The van der Waals surface area contributed by atoms with Gasteiger partial charge in [-0.05, 0) is 13.0 Å². The summed E-state index contributed by atoms with van der Waals surface area (Å²) in [5.74, 6) is 1.67. The first-order chi connectivity index (χ1) is 9.33. The van der Waals surface area contributed by atoms with Crippen LogP contribution in [0.25, 0.3) is 11.6 Å². The van der Waals surface area contributed by atoms with E-state index in [0.717, 1.165) is 13.0 Å². The molecule has 0 amide bonds. The van der Waals surface area contributed by atoms with Crippen LogP contribution in [0.5, 0.6) is 0 Å². The number of methoxy groups -OCH3 is 1. The van der Waals surface area contributed by atoms with E-state index in [-0.39, 0.29) is 6.04 Å². The molecule has 0 aliphatic carbocycles. The molecule has 104 valence electrons. The van der Waals surface area contributed by atoms with Crippen molar-refractivity contribution < 1.29 is 9.26 Å². The number of hydrogen-bond donors (Lipinski definition) is 2. The normalized spacial score (nSPS) is 12.7. The maximum Gasteiger partial charge on any atom is 0.238 e. The molecule has 1 unspecified atom stereocenters. The zero-order chi connectivity index (χ0) is 13.5. The standard InChI is InChI=1S/C12H19N5O2/c1-3-4-13-9(8-18-2)7-10-16-12(17-19-10)11-14-5-6-15-11/h5-6,9,13H,3-4,7-8H2,1-2H3,(H,14,15). The Morgan fingerprint density at radius 2 is 2.42 bits per heavy atom. The van der Waals surface area contributed by atoms with Gasteiger partial charge < -0.3 is 19.6 Å². The second kappa shape index (κ2) is 7.01. The average molecular weight is 265 g/mol. The van der Waals surface area contributed by atoms with Crippen LogP contribution in [-0.2, 0) is 11.2 Å². The Labute approximate surface area is 111 Å². The molecule has 0 saturated heterocycles. The van der Waals surface area contributed by atoms with Crippen molar-refractivity contribution in [1.29, 1.82) is 0 Å². The van der Waals surface area contributed by atoms with E-state index >= 15 is 0 Å². The Hall–Kier alpha value is -1.73. The first-order valence-corrected chi connectivity index (χ1v) is 6.38. The third-order valence-electron chi connectivity index (χ3n) is 2.65. The zero-order valence-electron chi connectivity index (χ0n) is 11.2. The first-order valence-electron chi connectivity index (χ1n) is 6.38. The number of hydrogen-bond acceptors (Lipinski definition) is 6. The fraction of sp³-hybridized carbons (Fsp3) is 0.583. The van der Waals surface area contributed by atoms with Gasteiger partial charge >= 0.3 is 0 Å². The van der Waals surface area contributed by atoms with Gasteiger partial charge in [0.2, 0.25) is 11.7 Å². The van der Waals surface area contributed by atoms with Gasteiger partial charge in [-0.3, -0.25) is 0 Å². The lowest BCUT2D eigenvalue weighted by Gasteiger charge is -2.15. The molecular formula is C12H19N5O2. The zero-order valence-corrected chi connectivity index (χ0v) is 11.2. The average Bonchev–Trinajstić information content (AvgIpc) is 3.06. The fourth-order valence-electron chi connectivity index (χ4n) is 1.77. The molecule has 1 atom stereocenters. The van der Waals surface area contributed by atoms with Gasteiger partial charge in [0.05, 0.1) is 6.61 Å². The van der Waals surface area contributed by atoms with Crippen LogP contribution in [0.3, 0.4) is 0 Å². The molecule has 2 aromatic rings. The lowest BCUT2D eigenvalue weighted by atomic mass is 10.2. The summed E-state index contributed by atoms with van der Waals surface area (Å²) in [7, 11) is 1.68. The highest BCUT2D eigenvalue weighted by atomic mass is 16.5. The van der Waals surface area contributed by atoms with E-state index < -0.39 is 0 Å². The van der Waals surface area contributed by atoms with E-state index in [2.05, 4.69) is 32.3 Å². The van der Waals surface area contributed by atoms with Gasteiger partial charge in [-0.1, -0.05) is 12.1 Å². The third-order valence-corrected chi connectivity index (χ3v) is 2.65. The van der Waals surface area contributed by atoms with Gasteiger partial charge in [0.15, 0.2) is 5.82 Å². The van der Waals surface area contributed by atoms with Crippen molar-refractivity contribution in [2.24, 2.45) is 0 Å². The van der Waals surface area contributed by atoms with Crippen LogP contribution in [-0.4, -0.2) is 46.4 Å². The van der Waals surface area contributed by atoms with Crippen molar-refractivity contribution >= 4 is 0 Å². The molecule has 7 nitrogen and oxygen atoms in total. The van der Waals surface area contributed by atoms with Gasteiger partial charge in [-0.25, -0.2) is 4.98 Å². The van der Waals surface area contributed by atoms with Gasteiger partial charge in [0.25, 0.3) is 0 Å². The summed E-state index contributed by atoms with van der Waals surface area (Å²) < 4.78 is 10.4. The molecule has 0 aromatic carbocycles. The van der Waals surface area contributed by atoms with E-state index in [9.17, 15) is 0 Å². The highest BCUT2D eigenvalue weighted by molar-refractivity contribution is 5.40. The van der Waals surface area contributed by atoms with Crippen LogP contribution >= 0.6 is 0 Å². The summed E-state index contributed by atoms with van der Waals surface area (Å²) >= 11 is 0. The van der Waals surface area contributed by atoms with Crippen LogP contribution < -0.4 is 5.32 Å². The molecule has 2 aromatic heterocycles. The maximum atomic E-state index is 5.23. The van der Waals surface area contributed by atoms with E-state index in [0.29, 0.717) is 30.6 Å². The van der Waals surface area contributed by atoms with Crippen molar-refractivity contribution in [3.05, 3.63) is 18.3 Å². The lowest BCUT2D eigenvalue weighted by molar-refractivity contribution is 0.161. The molecule has 2 heterocycles. The molecule has 7 heteroatoms. The van der Waals surface area contributed by atoms with Crippen molar-refractivity contribution in [1.82, 2.24) is 25.4 Å². The summed E-state index contributed by atoms with van der Waals surface area (Å²) in [6.07, 6.45) is 5.09. The minimum absolute atomic E-state index is 0.176. The van der Waals surface area contributed by atoms with Crippen molar-refractivity contribution in [2.45, 2.75) is 25.8 Å². The maximum absolute atomic E-state index is 5.23. The molecular weight excluding hydrogens is 246 g/mol. The summed E-state index contributed by atoms with van der Waals surface area (Å²) in [6, 6.07) is 0.176. The van der Waals surface area contributed by atoms with Crippen LogP contribution in [0, 0.1) is 0 Å². The van der Waals surface area contributed by atoms with Crippen molar-refractivity contribution in [3.63, 3.8) is 0 Å². The Morgan fingerprint density at radius 1 is 1.53 bits per heavy atom. The number of imidazole rings is 1. The summed E-state index contributed by atoms with van der Waals surface area (Å²) in [5, 5.41) is 7.29. The molecule has 0 radical (unpaired) electrons. The highest BCUT2D eigenvalue weighted by Gasteiger charge is 2.15. The molecule has 19 heavy (non-hydrogen) atoms. The molecule has 0 saturated carbocycles. The largest absolute Gasteiger partial charge is 0.383 e. The predicted octanol–water partition coefficient (Wildman–Crippen LogP) is 1.02. The third kappa shape index (κ3) is 3.87. The van der Waals surface area contributed by atoms with Crippen LogP contribution in [0.2, 0.25) is 0 Å². The van der Waals surface area contributed by atoms with Crippen molar-refractivity contribution in [3.8, 4) is 11.6 Å². The Morgan fingerprint density at radius 3 is 3.11 bits per heavy atom. The van der Waals surface area contributed by atoms with Crippen LogP contribution in [0.1, 0.15) is 19.2 Å². The Balaban J connectivity index is 1.97. The SMILES string of the molecule is CCCNC(COC)Cc1nc(-c2ncc[nH]2)no1. The molecule has 2 rings (SSSR count). The topological polar surface area (TPSA) is 88.9 Å². The van der Waals surface area contributed by atoms with E-state index in [1.165, 1.54) is 0 Å². The number of aromatic amines is 1. The smallest absolute Gasteiger partial charge is 0.238 e. The first kappa shape index (κ1) is 13.7. The van der Waals surface area contributed by atoms with Crippen molar-refractivity contribution in [2.75, 3.05) is 20.3 Å². The number of nitrogens with one attached hydrogen (secondary N) is 2. The van der Waals surface area contributed by atoms with Gasteiger partial charge in [0.1, 0.15) is 0 Å². The Kier molecular flexibility index (Phi) is 5.05. The number of H-pyrrole nitrogens is 1. The minimum atomic E-state index is 0.176. The highest BCUT2D eigenvalue weighted by Crippen LogP contribution is 2.10. The van der Waals surface area contributed by atoms with E-state index in [1.807, 2.05) is 0 Å². The van der Waals surface area contributed by atoms with Crippen LogP contribution in [0.15, 0.2) is 16.9 Å². The molecule has 0 aliphatic rings. The summed E-state index contributed by atoms with van der Waals surface area (Å²) in [6.45, 7) is 3.67. The van der Waals surface area contributed by atoms with Gasteiger partial charge in [-0.15, -0.1) is 0 Å². The van der Waals surface area contributed by atoms with Gasteiger partial charge in [0, 0.05) is 32.0 Å². The van der Waals surface area contributed by atoms with Gasteiger partial charge in [-0.2, -0.15) is 4.98 Å². The molecule has 0 fully saturated rings. The number of rotatable bonds is 8. The fourth-order valence-corrected chi connectivity index (χ4v) is 1.77. The quantitative estimate of drug-likeness (QED) is 0.740. The number of aromatic nitrogens is 4. The lowest BCUT2D eigenvalue weighted by Crippen LogP contribution is -2.35. The van der Waals surface area contributed by atoms with E-state index in [4.69, 9.17) is 9.26 Å².